The molecule has 0 aliphatic carbocycles. The van der Waals surface area contributed by atoms with Crippen LogP contribution in [0.15, 0.2) is 35.6 Å². The normalized spacial score (nSPS) is 10.6. The molecule has 120 valence electrons. The predicted octanol–water partition coefficient (Wildman–Crippen LogP) is 2.82. The standard InChI is InChI=1S/C16H16ClN3O3/c1-10-13(22-2)7-6-11(14(10)23-3)9-19-20-16(21)12-5-4-8-18-15(12)17/h4-9H,1-3H3,(H,20,21). The lowest BCUT2D eigenvalue weighted by atomic mass is 10.1. The summed E-state index contributed by atoms with van der Waals surface area (Å²) in [5, 5.41) is 4.06. The Hall–Kier alpha value is -2.60. The van der Waals surface area contributed by atoms with Crippen LogP contribution in [0.4, 0.5) is 0 Å². The molecule has 0 aliphatic heterocycles. The molecule has 0 radical (unpaired) electrons. The Kier molecular flexibility index (Phi) is 5.54. The molecule has 0 unspecified atom stereocenters. The lowest BCUT2D eigenvalue weighted by Crippen LogP contribution is -2.18. The van der Waals surface area contributed by atoms with Gasteiger partial charge in [0.25, 0.3) is 5.91 Å². The number of methoxy groups -OCH3 is 2. The van der Waals surface area contributed by atoms with Crippen molar-refractivity contribution in [2.75, 3.05) is 14.2 Å². The van der Waals surface area contributed by atoms with E-state index in [0.717, 1.165) is 5.56 Å². The highest BCUT2D eigenvalue weighted by Gasteiger charge is 2.11. The van der Waals surface area contributed by atoms with Crippen molar-refractivity contribution in [3.05, 3.63) is 52.3 Å². The van der Waals surface area contributed by atoms with E-state index in [4.69, 9.17) is 21.1 Å². The Balaban J connectivity index is 2.17. The highest BCUT2D eigenvalue weighted by molar-refractivity contribution is 6.32. The zero-order valence-electron chi connectivity index (χ0n) is 13.0. The Morgan fingerprint density at radius 1 is 1.30 bits per heavy atom. The summed E-state index contributed by atoms with van der Waals surface area (Å²) in [6.45, 7) is 1.88. The van der Waals surface area contributed by atoms with Crippen molar-refractivity contribution in [1.29, 1.82) is 0 Å². The fourth-order valence-electron chi connectivity index (χ4n) is 2.06. The fourth-order valence-corrected chi connectivity index (χ4v) is 2.27. The van der Waals surface area contributed by atoms with E-state index >= 15 is 0 Å². The largest absolute Gasteiger partial charge is 0.496 e. The monoisotopic (exact) mass is 333 g/mol. The lowest BCUT2D eigenvalue weighted by Gasteiger charge is -2.11. The third-order valence-corrected chi connectivity index (χ3v) is 3.49. The summed E-state index contributed by atoms with van der Waals surface area (Å²) in [6, 6.07) is 6.79. The van der Waals surface area contributed by atoms with Crippen molar-refractivity contribution in [3.63, 3.8) is 0 Å². The number of pyridine rings is 1. The zero-order valence-corrected chi connectivity index (χ0v) is 13.7. The van der Waals surface area contributed by atoms with Crippen LogP contribution >= 0.6 is 11.6 Å². The van der Waals surface area contributed by atoms with Crippen LogP contribution in [0, 0.1) is 6.92 Å². The van der Waals surface area contributed by atoms with Gasteiger partial charge in [0, 0.05) is 17.3 Å². The number of nitrogens with zero attached hydrogens (tertiary/aromatic N) is 2. The van der Waals surface area contributed by atoms with Crippen molar-refractivity contribution in [1.82, 2.24) is 10.4 Å². The minimum absolute atomic E-state index is 0.123. The molecule has 0 aliphatic rings. The maximum atomic E-state index is 12.0. The second-order valence-electron chi connectivity index (χ2n) is 4.56. The molecule has 7 heteroatoms. The number of rotatable bonds is 5. The summed E-state index contributed by atoms with van der Waals surface area (Å²) in [5.41, 5.74) is 4.22. The molecule has 0 fully saturated rings. The van der Waals surface area contributed by atoms with Crippen LogP contribution in [-0.4, -0.2) is 31.3 Å². The number of halogens is 1. The van der Waals surface area contributed by atoms with Gasteiger partial charge in [-0.15, -0.1) is 0 Å². The molecule has 2 rings (SSSR count). The summed E-state index contributed by atoms with van der Waals surface area (Å²) < 4.78 is 10.6. The Morgan fingerprint density at radius 3 is 2.74 bits per heavy atom. The van der Waals surface area contributed by atoms with Gasteiger partial charge in [-0.05, 0) is 31.2 Å². The maximum absolute atomic E-state index is 12.0. The van der Waals surface area contributed by atoms with Gasteiger partial charge in [-0.1, -0.05) is 11.6 Å². The van der Waals surface area contributed by atoms with Crippen LogP contribution < -0.4 is 14.9 Å². The first kappa shape index (κ1) is 16.8. The second kappa shape index (κ2) is 7.60. The SMILES string of the molecule is COc1ccc(C=NNC(=O)c2cccnc2Cl)c(OC)c1C. The summed E-state index contributed by atoms with van der Waals surface area (Å²) in [7, 11) is 3.15. The number of hydrazone groups is 1. The number of hydrogen-bond acceptors (Lipinski definition) is 5. The van der Waals surface area contributed by atoms with E-state index in [1.165, 1.54) is 12.4 Å². The van der Waals surface area contributed by atoms with Crippen molar-refractivity contribution >= 4 is 23.7 Å². The number of benzene rings is 1. The number of nitrogens with one attached hydrogen (secondary N) is 1. The van der Waals surface area contributed by atoms with Crippen LogP contribution in [0.5, 0.6) is 11.5 Å². The lowest BCUT2D eigenvalue weighted by molar-refractivity contribution is 0.0955. The molecule has 1 aromatic heterocycles. The third kappa shape index (κ3) is 3.78. The first-order chi connectivity index (χ1) is 11.1. The summed E-state index contributed by atoms with van der Waals surface area (Å²) >= 11 is 5.86. The van der Waals surface area contributed by atoms with Crippen LogP contribution in [0.1, 0.15) is 21.5 Å². The summed E-state index contributed by atoms with van der Waals surface area (Å²) in [4.78, 5) is 15.8. The van der Waals surface area contributed by atoms with Crippen molar-refractivity contribution in [2.24, 2.45) is 5.10 Å². The molecular weight excluding hydrogens is 318 g/mol. The van der Waals surface area contributed by atoms with Gasteiger partial charge < -0.3 is 9.47 Å². The van der Waals surface area contributed by atoms with Gasteiger partial charge in [-0.2, -0.15) is 5.10 Å². The number of carbonyl (C=O) groups excluding carboxylic acids is 1. The van der Waals surface area contributed by atoms with Crippen molar-refractivity contribution < 1.29 is 14.3 Å². The third-order valence-electron chi connectivity index (χ3n) is 3.18. The fraction of sp³-hybridized carbons (Fsp3) is 0.188. The van der Waals surface area contributed by atoms with E-state index in [-0.39, 0.29) is 10.7 Å². The summed E-state index contributed by atoms with van der Waals surface area (Å²) in [5.74, 6) is 0.899. The van der Waals surface area contributed by atoms with E-state index in [2.05, 4.69) is 15.5 Å². The highest BCUT2D eigenvalue weighted by atomic mass is 35.5. The van der Waals surface area contributed by atoms with Crippen LogP contribution in [-0.2, 0) is 0 Å². The molecule has 1 N–H and O–H groups in total. The maximum Gasteiger partial charge on any atom is 0.274 e. The average molecular weight is 334 g/mol. The molecule has 0 saturated heterocycles. The quantitative estimate of drug-likeness (QED) is 0.519. The topological polar surface area (TPSA) is 72.8 Å². The zero-order chi connectivity index (χ0) is 16.8. The first-order valence-electron chi connectivity index (χ1n) is 6.74. The Morgan fingerprint density at radius 2 is 2.09 bits per heavy atom. The Bertz CT molecular complexity index is 747. The van der Waals surface area contributed by atoms with Gasteiger partial charge in [0.15, 0.2) is 0 Å². The number of amides is 1. The molecule has 1 aromatic carbocycles. The van der Waals surface area contributed by atoms with Gasteiger partial charge >= 0.3 is 0 Å². The molecule has 1 amide bonds. The molecule has 0 saturated carbocycles. The molecule has 1 heterocycles. The molecule has 0 atom stereocenters. The summed E-state index contributed by atoms with van der Waals surface area (Å²) in [6.07, 6.45) is 3.00. The van der Waals surface area contributed by atoms with Crippen LogP contribution in [0.3, 0.4) is 0 Å². The highest BCUT2D eigenvalue weighted by Crippen LogP contribution is 2.30. The average Bonchev–Trinajstić information content (AvgIpc) is 2.55. The van der Waals surface area contributed by atoms with E-state index in [1.54, 1.807) is 38.5 Å². The number of hydrogen-bond donors (Lipinski definition) is 1. The van der Waals surface area contributed by atoms with E-state index in [0.29, 0.717) is 17.1 Å². The molecular formula is C16H16ClN3O3. The van der Waals surface area contributed by atoms with Gasteiger partial charge in [-0.25, -0.2) is 10.4 Å². The second-order valence-corrected chi connectivity index (χ2v) is 4.91. The smallest absolute Gasteiger partial charge is 0.274 e. The molecule has 6 nitrogen and oxygen atoms in total. The van der Waals surface area contributed by atoms with Gasteiger partial charge in [-0.3, -0.25) is 4.79 Å². The van der Waals surface area contributed by atoms with Gasteiger partial charge in [0.05, 0.1) is 26.0 Å². The minimum atomic E-state index is -0.441. The van der Waals surface area contributed by atoms with Gasteiger partial charge in [0.2, 0.25) is 0 Å². The van der Waals surface area contributed by atoms with Crippen LogP contribution in [0.2, 0.25) is 5.15 Å². The first-order valence-corrected chi connectivity index (χ1v) is 7.11. The number of carbonyl (C=O) groups is 1. The number of ether oxygens (including phenoxy) is 2. The van der Waals surface area contributed by atoms with Gasteiger partial charge in [0.1, 0.15) is 16.7 Å². The van der Waals surface area contributed by atoms with Crippen molar-refractivity contribution in [2.45, 2.75) is 6.92 Å². The predicted molar refractivity (Wildman–Crippen MR) is 88.6 cm³/mol. The number of aromatic nitrogens is 1. The van der Waals surface area contributed by atoms with Crippen molar-refractivity contribution in [3.8, 4) is 11.5 Å². The van der Waals surface area contributed by atoms with E-state index in [9.17, 15) is 4.79 Å². The van der Waals surface area contributed by atoms with E-state index in [1.807, 2.05) is 6.92 Å². The minimum Gasteiger partial charge on any atom is -0.496 e. The van der Waals surface area contributed by atoms with Crippen LogP contribution in [0.25, 0.3) is 0 Å². The molecule has 2 aromatic rings. The molecule has 0 spiro atoms. The van der Waals surface area contributed by atoms with E-state index < -0.39 is 5.91 Å². The molecule has 0 bridgehead atoms. The Labute approximate surface area is 139 Å². The molecule has 23 heavy (non-hydrogen) atoms.